The minimum Gasteiger partial charge on any atom is -0.469 e. The SMILES string of the molecule is COC(=O)[C@]1(C)CC[C@]2(C)CC[C@]3(C)C4=CC=C5C(=CC(=O)/C(=C/C#N)C5(C)O)[C@]4(C)CC[C@@]3(C)[C@@H]2C1.COC(=O)[C@]1(C)CC[C@]2(C)CC[C@]3(C)C4=CC=C5C(=CC(=O)/C(=C\C#N)C5(C)O)[C@]4(C)CC[C@@]3(C)[C@@H]2C1.COC(=O)[C@]1(C)CC[C@]2(C)CC[C@]3(C)C4=CC=C5C(=CC(=O)C(=O)C5(C)O)[C@]4(C)CC[C@@]3(C)[C@@H]2C1. The average molecular weight is 1490 g/mol. The lowest BCUT2D eigenvalue weighted by molar-refractivity contribution is -0.181. The summed E-state index contributed by atoms with van der Waals surface area (Å²) >= 11 is 0. The van der Waals surface area contributed by atoms with E-state index < -0.39 is 50.0 Å². The lowest BCUT2D eigenvalue weighted by Crippen LogP contribution is -2.62. The topological polar surface area (TPSA) is 255 Å². The van der Waals surface area contributed by atoms with Crippen molar-refractivity contribution < 1.29 is 63.1 Å². The Labute approximate surface area is 648 Å². The average Bonchev–Trinajstić information content (AvgIpc) is 0.684. The van der Waals surface area contributed by atoms with Gasteiger partial charge in [-0.2, -0.15) is 10.5 Å². The number of rotatable bonds is 3. The van der Waals surface area contributed by atoms with E-state index in [1.165, 1.54) is 63.2 Å². The van der Waals surface area contributed by atoms with Gasteiger partial charge in [-0.15, -0.1) is 0 Å². The van der Waals surface area contributed by atoms with Gasteiger partial charge in [0.1, 0.15) is 11.2 Å². The minimum atomic E-state index is -1.79. The third-order valence-electron chi connectivity index (χ3n) is 35.9. The number of aliphatic hydroxyl groups is 3. The first-order chi connectivity index (χ1) is 50.3. The van der Waals surface area contributed by atoms with Gasteiger partial charge in [-0.25, -0.2) is 0 Å². The van der Waals surface area contributed by atoms with Gasteiger partial charge < -0.3 is 29.5 Å². The summed E-state index contributed by atoms with van der Waals surface area (Å²) in [5.74, 6) is -1.08. The van der Waals surface area contributed by atoms with Crippen molar-refractivity contribution in [2.45, 2.75) is 276 Å². The summed E-state index contributed by atoms with van der Waals surface area (Å²) in [6, 6.07) is 3.87. The van der Waals surface area contributed by atoms with E-state index in [9.17, 15) is 59.4 Å². The molecule has 9 saturated carbocycles. The summed E-state index contributed by atoms with van der Waals surface area (Å²) in [7, 11) is 4.50. The summed E-state index contributed by atoms with van der Waals surface area (Å²) < 4.78 is 15.8. The van der Waals surface area contributed by atoms with Crippen LogP contribution in [0.1, 0.15) is 259 Å². The molecule has 15 rings (SSSR count). The van der Waals surface area contributed by atoms with Crippen molar-refractivity contribution >= 4 is 41.0 Å². The highest BCUT2D eigenvalue weighted by molar-refractivity contribution is 6.46. The zero-order valence-electron chi connectivity index (χ0n) is 69.3. The molecule has 15 heteroatoms. The van der Waals surface area contributed by atoms with Crippen LogP contribution in [0.4, 0.5) is 0 Å². The Hall–Kier alpha value is -6.91. The molecule has 15 aliphatic carbocycles. The Kier molecular flexibility index (Phi) is 18.4. The Morgan fingerprint density at radius 2 is 0.615 bits per heavy atom. The van der Waals surface area contributed by atoms with E-state index in [1.807, 2.05) is 30.4 Å². The van der Waals surface area contributed by atoms with E-state index in [1.54, 1.807) is 26.0 Å². The maximum absolute atomic E-state index is 13.1. The fourth-order valence-corrected chi connectivity index (χ4v) is 27.7. The monoisotopic (exact) mass is 1490 g/mol. The maximum atomic E-state index is 13.1. The van der Waals surface area contributed by atoms with Crippen LogP contribution in [0.3, 0.4) is 0 Å². The van der Waals surface area contributed by atoms with Crippen LogP contribution in [0.2, 0.25) is 0 Å². The molecule has 0 aromatic rings. The van der Waals surface area contributed by atoms with Crippen LogP contribution in [0, 0.1) is 122 Å². The van der Waals surface area contributed by atoms with Gasteiger partial charge in [0.05, 0.1) is 49.7 Å². The van der Waals surface area contributed by atoms with Gasteiger partial charge in [0, 0.05) is 39.5 Å². The number of carbonyl (C=O) groups excluding carboxylic acids is 7. The predicted molar refractivity (Wildman–Crippen MR) is 417 cm³/mol. The van der Waals surface area contributed by atoms with Crippen LogP contribution in [0.15, 0.2) is 128 Å². The normalized spacial score (nSPS) is 48.1. The number of nitrogens with zero attached hydrogens (tertiary/aromatic N) is 2. The highest BCUT2D eigenvalue weighted by atomic mass is 16.5. The fourth-order valence-electron chi connectivity index (χ4n) is 27.7. The van der Waals surface area contributed by atoms with E-state index in [4.69, 9.17) is 14.2 Å². The molecule has 0 saturated heterocycles. The highest BCUT2D eigenvalue weighted by Gasteiger charge is 2.72. The van der Waals surface area contributed by atoms with Crippen LogP contribution in [0.25, 0.3) is 0 Å². The first kappa shape index (κ1) is 80.2. The van der Waals surface area contributed by atoms with Crippen LogP contribution in [0.5, 0.6) is 0 Å². The van der Waals surface area contributed by atoms with Crippen LogP contribution in [-0.4, -0.2) is 94.5 Å². The molecular weight excluding hydrogens is 1370 g/mol. The second-order valence-corrected chi connectivity index (χ2v) is 41.3. The second kappa shape index (κ2) is 25.0. The lowest BCUT2D eigenvalue weighted by atomic mass is 9.34. The van der Waals surface area contributed by atoms with Crippen LogP contribution >= 0.6 is 0 Å². The molecule has 109 heavy (non-hydrogen) atoms. The number of fused-ring (bicyclic) bond motifs is 21. The summed E-state index contributed by atoms with van der Waals surface area (Å²) in [6.07, 6.45) is 39.8. The molecule has 21 atom stereocenters. The minimum absolute atomic E-state index is 0.0139. The molecule has 15 nitrogen and oxygen atoms in total. The van der Waals surface area contributed by atoms with Gasteiger partial charge >= 0.3 is 17.9 Å². The third kappa shape index (κ3) is 10.7. The van der Waals surface area contributed by atoms with Crippen molar-refractivity contribution in [3.63, 3.8) is 0 Å². The molecule has 3 unspecified atom stereocenters. The molecule has 15 aliphatic rings. The second-order valence-electron chi connectivity index (χ2n) is 41.3. The lowest BCUT2D eigenvalue weighted by Gasteiger charge is -2.70. The first-order valence-corrected chi connectivity index (χ1v) is 40.6. The summed E-state index contributed by atoms with van der Waals surface area (Å²) in [6.45, 7) is 39.4. The number of hydrogen-bond acceptors (Lipinski definition) is 15. The molecule has 0 aromatic carbocycles. The number of ketones is 4. The molecule has 0 radical (unpaired) electrons. The number of hydrogen-bond donors (Lipinski definition) is 3. The number of carbonyl (C=O) groups is 7. The number of allylic oxidation sites excluding steroid dienone is 14. The number of methoxy groups -OCH3 is 3. The quantitative estimate of drug-likeness (QED) is 0.0781. The Morgan fingerprint density at radius 3 is 0.881 bits per heavy atom. The number of nitriles is 2. The Morgan fingerprint density at radius 1 is 0.358 bits per heavy atom. The third-order valence-corrected chi connectivity index (χ3v) is 35.9. The number of ether oxygens (including phenoxy) is 3. The van der Waals surface area contributed by atoms with E-state index in [-0.39, 0.29) is 100 Å². The summed E-state index contributed by atoms with van der Waals surface area (Å²) in [5.41, 5.74) is 1.70. The fraction of sp³-hybridized carbons (Fsp3) is 0.670. The van der Waals surface area contributed by atoms with Gasteiger partial charge in [-0.3, -0.25) is 33.6 Å². The summed E-state index contributed by atoms with van der Waals surface area (Å²) in [5, 5.41) is 52.4. The van der Waals surface area contributed by atoms with E-state index in [0.717, 1.165) is 163 Å². The van der Waals surface area contributed by atoms with Crippen LogP contribution < -0.4 is 0 Å². The van der Waals surface area contributed by atoms with Gasteiger partial charge in [-0.1, -0.05) is 136 Å². The summed E-state index contributed by atoms with van der Waals surface area (Å²) in [4.78, 5) is 90.0. The van der Waals surface area contributed by atoms with Crippen molar-refractivity contribution in [3.05, 3.63) is 128 Å². The largest absolute Gasteiger partial charge is 0.469 e. The number of esters is 3. The zero-order chi connectivity index (χ0) is 80.3. The van der Waals surface area contributed by atoms with Crippen molar-refractivity contribution in [2.75, 3.05) is 21.3 Å². The molecule has 0 amide bonds. The molecule has 586 valence electrons. The predicted octanol–water partition coefficient (Wildman–Crippen LogP) is 17.6. The zero-order valence-corrected chi connectivity index (χ0v) is 69.3. The molecule has 0 aromatic heterocycles. The molecule has 0 aliphatic heterocycles. The van der Waals surface area contributed by atoms with Crippen molar-refractivity contribution in [1.29, 1.82) is 10.5 Å². The Bertz CT molecular complexity index is 4360. The molecule has 0 spiro atoms. The Balaban J connectivity index is 0.000000144. The molecule has 0 heterocycles. The number of Topliss-reactive ketones (excluding diaryl/α,β-unsaturated/α-hetero) is 1. The molecule has 3 N–H and O–H groups in total. The van der Waals surface area contributed by atoms with Gasteiger partial charge in [-0.05, 0) is 295 Å². The van der Waals surface area contributed by atoms with Crippen molar-refractivity contribution in [1.82, 2.24) is 0 Å². The molecule has 9 fully saturated rings. The maximum Gasteiger partial charge on any atom is 0.311 e. The standard InChI is InChI=1S/2C32H41NO4.C30H40O5/c2*1-27-11-12-28(2,26(35)37-7)19-25(27)31(5)16-14-29(3)22-18-23(34)21(10-17-33)32(6,36)20(22)8-9-24(29)30(31,4)15-13-27;1-25-10-11-26(2,24(33)35-7)17-22(25)29(5)15-13-27(3)19-16-20(31)23(32)30(6,34)18(19)8-9-21(27)28(29,4)14-12-25/h2*8-10,18,25,36H,11-16,19H2,1-7H3;8-9,16,22,34H,10-15,17H2,1-7H3/b21-10+;21-10-;/t2*25-,27-,28-,29+,30-,31+,32?;22-,25-,26-,27+,28-,29+,30?/m111/s1. The highest BCUT2D eigenvalue weighted by Crippen LogP contribution is 2.80. The molecule has 0 bridgehead atoms. The van der Waals surface area contributed by atoms with Crippen LogP contribution in [-0.2, 0) is 47.8 Å². The van der Waals surface area contributed by atoms with Gasteiger partial charge in [0.15, 0.2) is 17.2 Å². The van der Waals surface area contributed by atoms with Crippen molar-refractivity contribution in [2.24, 2.45) is 99.0 Å². The van der Waals surface area contributed by atoms with E-state index in [0.29, 0.717) is 23.3 Å². The van der Waals surface area contributed by atoms with Gasteiger partial charge in [0.2, 0.25) is 11.6 Å². The van der Waals surface area contributed by atoms with E-state index in [2.05, 4.69) is 122 Å². The van der Waals surface area contributed by atoms with E-state index >= 15 is 0 Å². The first-order valence-electron chi connectivity index (χ1n) is 40.6. The molecular formula is C94H122N2O13. The van der Waals surface area contributed by atoms with Gasteiger partial charge in [0.25, 0.3) is 0 Å². The van der Waals surface area contributed by atoms with Crippen molar-refractivity contribution in [3.8, 4) is 12.1 Å². The smallest absolute Gasteiger partial charge is 0.311 e.